The third kappa shape index (κ3) is 5.17. The summed E-state index contributed by atoms with van der Waals surface area (Å²) in [5.74, 6) is -1.19. The van der Waals surface area contributed by atoms with Gasteiger partial charge in [0.15, 0.2) is 0 Å². The van der Waals surface area contributed by atoms with E-state index in [0.29, 0.717) is 26.1 Å². The summed E-state index contributed by atoms with van der Waals surface area (Å²) in [6.45, 7) is 4.40. The Morgan fingerprint density at radius 2 is 1.73 bits per heavy atom. The van der Waals surface area contributed by atoms with Crippen LogP contribution in [0.3, 0.4) is 0 Å². The van der Waals surface area contributed by atoms with E-state index >= 15 is 0 Å². The second kappa shape index (κ2) is 8.98. The van der Waals surface area contributed by atoms with Gasteiger partial charge in [-0.2, -0.15) is 0 Å². The number of likely N-dealkylation sites (tertiary alicyclic amines) is 1. The fourth-order valence-corrected chi connectivity index (χ4v) is 3.25. The number of hydrogen-bond acceptors (Lipinski definition) is 5. The maximum absolute atomic E-state index is 12.5. The molecule has 2 atom stereocenters. The summed E-state index contributed by atoms with van der Waals surface area (Å²) >= 11 is 0. The molecule has 0 saturated carbocycles. The van der Waals surface area contributed by atoms with E-state index in [0.717, 1.165) is 12.8 Å². The van der Waals surface area contributed by atoms with Gasteiger partial charge in [0, 0.05) is 33.0 Å². The maximum atomic E-state index is 12.5. The highest BCUT2D eigenvalue weighted by Gasteiger charge is 2.32. The first-order valence-corrected chi connectivity index (χ1v) is 9.09. The SMILES string of the molecule is CC(=O)N1CCCC(=O)N(CC(=O)NC(C(=O)N2CCCC2)C(C)O)C1. The van der Waals surface area contributed by atoms with E-state index in [1.807, 2.05) is 0 Å². The second-order valence-corrected chi connectivity index (χ2v) is 6.94. The number of rotatable bonds is 5. The van der Waals surface area contributed by atoms with Crippen molar-refractivity contribution < 1.29 is 24.3 Å². The van der Waals surface area contributed by atoms with Crippen molar-refractivity contribution in [3.05, 3.63) is 0 Å². The molecule has 0 aromatic rings. The Kier molecular flexibility index (Phi) is 6.96. The third-order valence-corrected chi connectivity index (χ3v) is 4.78. The summed E-state index contributed by atoms with van der Waals surface area (Å²) in [5.41, 5.74) is 0. The van der Waals surface area contributed by atoms with Crippen LogP contribution in [0.4, 0.5) is 0 Å². The molecule has 0 aliphatic carbocycles. The molecule has 2 aliphatic rings. The van der Waals surface area contributed by atoms with E-state index in [1.165, 1.54) is 23.6 Å². The molecule has 0 spiro atoms. The third-order valence-electron chi connectivity index (χ3n) is 4.78. The lowest BCUT2D eigenvalue weighted by Gasteiger charge is -2.29. The van der Waals surface area contributed by atoms with Crippen molar-refractivity contribution in [2.45, 2.75) is 51.7 Å². The summed E-state index contributed by atoms with van der Waals surface area (Å²) in [5, 5.41) is 12.5. The molecule has 0 aromatic carbocycles. The van der Waals surface area contributed by atoms with Gasteiger partial charge < -0.3 is 25.1 Å². The Morgan fingerprint density at radius 3 is 2.31 bits per heavy atom. The lowest BCUT2D eigenvalue weighted by atomic mass is 10.1. The number of carbonyl (C=O) groups excluding carboxylic acids is 4. The molecule has 9 nitrogen and oxygen atoms in total. The predicted octanol–water partition coefficient (Wildman–Crippen LogP) is -1.10. The molecule has 2 N–H and O–H groups in total. The quantitative estimate of drug-likeness (QED) is 0.640. The molecule has 9 heteroatoms. The van der Waals surface area contributed by atoms with Crippen molar-refractivity contribution in [2.24, 2.45) is 0 Å². The maximum Gasteiger partial charge on any atom is 0.247 e. The van der Waals surface area contributed by atoms with Crippen LogP contribution in [-0.4, -0.2) is 88.4 Å². The van der Waals surface area contributed by atoms with Crippen LogP contribution in [-0.2, 0) is 19.2 Å². The average molecular weight is 368 g/mol. The number of amides is 4. The van der Waals surface area contributed by atoms with Crippen molar-refractivity contribution in [1.29, 1.82) is 0 Å². The molecular weight excluding hydrogens is 340 g/mol. The van der Waals surface area contributed by atoms with Crippen molar-refractivity contribution in [3.63, 3.8) is 0 Å². The molecular formula is C17H28N4O5. The topological polar surface area (TPSA) is 110 Å². The smallest absolute Gasteiger partial charge is 0.247 e. The molecule has 2 aliphatic heterocycles. The van der Waals surface area contributed by atoms with Crippen LogP contribution in [0.2, 0.25) is 0 Å². The van der Waals surface area contributed by atoms with Gasteiger partial charge >= 0.3 is 0 Å². The molecule has 0 bridgehead atoms. The van der Waals surface area contributed by atoms with Gasteiger partial charge in [-0.25, -0.2) is 0 Å². The van der Waals surface area contributed by atoms with Crippen molar-refractivity contribution >= 4 is 23.6 Å². The molecule has 146 valence electrons. The standard InChI is InChI=1S/C17H28N4O5/c1-12(22)16(17(26)19-7-3-4-8-19)18-14(24)10-21-11-20(13(2)23)9-5-6-15(21)25/h12,16,22H,3-11H2,1-2H3,(H,18,24). The first-order valence-electron chi connectivity index (χ1n) is 9.09. The molecule has 2 fully saturated rings. The molecule has 2 rings (SSSR count). The fraction of sp³-hybridized carbons (Fsp3) is 0.765. The van der Waals surface area contributed by atoms with Gasteiger partial charge in [0.2, 0.25) is 23.6 Å². The lowest BCUT2D eigenvalue weighted by Crippen LogP contribution is -2.55. The van der Waals surface area contributed by atoms with Gasteiger partial charge in [0.05, 0.1) is 12.8 Å². The van der Waals surface area contributed by atoms with Crippen molar-refractivity contribution in [3.8, 4) is 0 Å². The van der Waals surface area contributed by atoms with E-state index in [9.17, 15) is 24.3 Å². The van der Waals surface area contributed by atoms with Crippen LogP contribution < -0.4 is 5.32 Å². The summed E-state index contributed by atoms with van der Waals surface area (Å²) in [4.78, 5) is 53.1. The number of aliphatic hydroxyl groups is 1. The Labute approximate surface area is 153 Å². The first kappa shape index (κ1) is 20.2. The van der Waals surface area contributed by atoms with E-state index in [4.69, 9.17) is 0 Å². The van der Waals surface area contributed by atoms with Gasteiger partial charge in [-0.05, 0) is 26.2 Å². The van der Waals surface area contributed by atoms with E-state index < -0.39 is 18.1 Å². The molecule has 2 saturated heterocycles. The summed E-state index contributed by atoms with van der Waals surface area (Å²) in [6, 6.07) is -1.04. The largest absolute Gasteiger partial charge is 0.391 e. The van der Waals surface area contributed by atoms with E-state index in [-0.39, 0.29) is 37.4 Å². The van der Waals surface area contributed by atoms with Crippen LogP contribution in [0, 0.1) is 0 Å². The van der Waals surface area contributed by atoms with Crippen LogP contribution in [0.1, 0.15) is 39.5 Å². The van der Waals surface area contributed by atoms with Crippen LogP contribution in [0.25, 0.3) is 0 Å². The van der Waals surface area contributed by atoms with Crippen LogP contribution in [0.5, 0.6) is 0 Å². The van der Waals surface area contributed by atoms with E-state index in [2.05, 4.69) is 5.32 Å². The van der Waals surface area contributed by atoms with Gasteiger partial charge in [-0.15, -0.1) is 0 Å². The van der Waals surface area contributed by atoms with Gasteiger partial charge in [0.1, 0.15) is 12.6 Å². The fourth-order valence-electron chi connectivity index (χ4n) is 3.25. The Morgan fingerprint density at radius 1 is 1.12 bits per heavy atom. The highest BCUT2D eigenvalue weighted by atomic mass is 16.3. The lowest BCUT2D eigenvalue weighted by molar-refractivity contribution is -0.142. The minimum absolute atomic E-state index is 0.0566. The number of hydrogen-bond donors (Lipinski definition) is 2. The Bertz CT molecular complexity index is 559. The zero-order chi connectivity index (χ0) is 19.3. The predicted molar refractivity (Wildman–Crippen MR) is 92.6 cm³/mol. The van der Waals surface area contributed by atoms with Crippen LogP contribution >= 0.6 is 0 Å². The van der Waals surface area contributed by atoms with E-state index in [1.54, 1.807) is 4.90 Å². The molecule has 0 radical (unpaired) electrons. The summed E-state index contributed by atoms with van der Waals surface area (Å²) < 4.78 is 0. The summed E-state index contributed by atoms with van der Waals surface area (Å²) in [6.07, 6.45) is 1.61. The van der Waals surface area contributed by atoms with Gasteiger partial charge in [-0.1, -0.05) is 0 Å². The number of nitrogens with zero attached hydrogens (tertiary/aromatic N) is 3. The Balaban J connectivity index is 1.98. The number of nitrogens with one attached hydrogen (secondary N) is 1. The first-order chi connectivity index (χ1) is 12.3. The minimum atomic E-state index is -1.04. The zero-order valence-electron chi connectivity index (χ0n) is 15.4. The highest BCUT2D eigenvalue weighted by Crippen LogP contribution is 2.12. The average Bonchev–Trinajstić information content (AvgIpc) is 3.04. The van der Waals surface area contributed by atoms with Crippen molar-refractivity contribution in [1.82, 2.24) is 20.0 Å². The normalized spacial score (nSPS) is 20.6. The summed E-state index contributed by atoms with van der Waals surface area (Å²) in [7, 11) is 0. The molecule has 4 amide bonds. The molecule has 2 heterocycles. The van der Waals surface area contributed by atoms with Crippen molar-refractivity contribution in [2.75, 3.05) is 32.8 Å². The minimum Gasteiger partial charge on any atom is -0.391 e. The van der Waals surface area contributed by atoms with Crippen LogP contribution in [0.15, 0.2) is 0 Å². The number of carbonyl (C=O) groups is 4. The molecule has 2 unspecified atom stereocenters. The van der Waals surface area contributed by atoms with Gasteiger partial charge in [0.25, 0.3) is 0 Å². The monoisotopic (exact) mass is 368 g/mol. The zero-order valence-corrected chi connectivity index (χ0v) is 15.4. The number of aliphatic hydroxyl groups excluding tert-OH is 1. The Hall–Kier alpha value is -2.16. The highest BCUT2D eigenvalue weighted by molar-refractivity contribution is 5.90. The second-order valence-electron chi connectivity index (χ2n) is 6.94. The molecule has 0 aromatic heterocycles. The van der Waals surface area contributed by atoms with Gasteiger partial charge in [-0.3, -0.25) is 19.2 Å². The molecule has 26 heavy (non-hydrogen) atoms.